The van der Waals surface area contributed by atoms with Crippen molar-refractivity contribution in [2.24, 2.45) is 0 Å². The molecule has 13 nitrogen and oxygen atoms in total. The van der Waals surface area contributed by atoms with Crippen LogP contribution in [-0.2, 0) is 56.9 Å². The van der Waals surface area contributed by atoms with Gasteiger partial charge in [0.1, 0.15) is 6.67 Å². The molecule has 0 saturated carbocycles. The molecule has 1 rings (SSSR count). The van der Waals surface area contributed by atoms with Gasteiger partial charge in [0.05, 0.1) is 152 Å². The number of hydrogen-bond acceptors (Lipinski definition) is 13. The standard InChI is InChI=1S/C31H48F6O13/c32-2-4-40-6-8-42-10-12-44-14-16-46-18-20-48-22-24-49-23-21-47-19-17-45-15-13-43-11-9-41-7-5-39-3-1-25(38)50-31-29(36)27(34)26(33)28(35)30(31)37/h1-24H2. The van der Waals surface area contributed by atoms with Crippen molar-refractivity contribution >= 4 is 5.97 Å². The van der Waals surface area contributed by atoms with E-state index in [4.69, 9.17) is 52.1 Å². The minimum atomic E-state index is -2.35. The van der Waals surface area contributed by atoms with Crippen molar-refractivity contribution in [3.05, 3.63) is 29.1 Å². The first kappa shape index (κ1) is 45.9. The Labute approximate surface area is 287 Å². The first-order valence-electron chi connectivity index (χ1n) is 16.0. The van der Waals surface area contributed by atoms with E-state index in [1.807, 2.05) is 0 Å². The summed E-state index contributed by atoms with van der Waals surface area (Å²) in [4.78, 5) is 11.6. The second-order valence-corrected chi connectivity index (χ2v) is 9.55. The summed E-state index contributed by atoms with van der Waals surface area (Å²) in [5.41, 5.74) is 0. The maximum Gasteiger partial charge on any atom is 0.313 e. The van der Waals surface area contributed by atoms with E-state index < -0.39 is 53.9 Å². The highest BCUT2D eigenvalue weighted by Crippen LogP contribution is 2.29. The van der Waals surface area contributed by atoms with Gasteiger partial charge in [0, 0.05) is 0 Å². The Bertz CT molecular complexity index is 954. The van der Waals surface area contributed by atoms with Gasteiger partial charge in [-0.3, -0.25) is 4.79 Å². The maximum atomic E-state index is 13.5. The predicted molar refractivity (Wildman–Crippen MR) is 161 cm³/mol. The third kappa shape index (κ3) is 24.1. The zero-order valence-corrected chi connectivity index (χ0v) is 28.0. The summed E-state index contributed by atoms with van der Waals surface area (Å²) in [6, 6.07) is 0. The van der Waals surface area contributed by atoms with E-state index in [9.17, 15) is 31.1 Å². The molecule has 0 spiro atoms. The predicted octanol–water partition coefficient (Wildman–Crippen LogP) is 2.83. The quantitative estimate of drug-likeness (QED) is 0.0250. The van der Waals surface area contributed by atoms with E-state index in [1.165, 1.54) is 0 Å². The Morgan fingerprint density at radius 3 is 0.820 bits per heavy atom. The van der Waals surface area contributed by atoms with Gasteiger partial charge in [-0.05, 0) is 0 Å². The summed E-state index contributed by atoms with van der Waals surface area (Å²) in [5.74, 6) is -14.2. The summed E-state index contributed by atoms with van der Waals surface area (Å²) in [7, 11) is 0. The lowest BCUT2D eigenvalue weighted by Crippen LogP contribution is -2.16. The van der Waals surface area contributed by atoms with Crippen molar-refractivity contribution in [3.8, 4) is 5.75 Å². The van der Waals surface area contributed by atoms with Gasteiger partial charge in [0.25, 0.3) is 0 Å². The van der Waals surface area contributed by atoms with Crippen LogP contribution in [0, 0.1) is 29.1 Å². The average Bonchev–Trinajstić information content (AvgIpc) is 3.11. The normalized spacial score (nSPS) is 11.5. The van der Waals surface area contributed by atoms with Crippen LogP contribution in [0.25, 0.3) is 0 Å². The van der Waals surface area contributed by atoms with Crippen LogP contribution >= 0.6 is 0 Å². The molecule has 0 fully saturated rings. The van der Waals surface area contributed by atoms with E-state index >= 15 is 0 Å². The molecule has 50 heavy (non-hydrogen) atoms. The van der Waals surface area contributed by atoms with Gasteiger partial charge in [-0.25, -0.2) is 17.6 Å². The van der Waals surface area contributed by atoms with Crippen LogP contribution in [-0.4, -0.2) is 158 Å². The van der Waals surface area contributed by atoms with Crippen LogP contribution in [0.4, 0.5) is 26.3 Å². The fourth-order valence-corrected chi connectivity index (χ4v) is 3.35. The highest BCUT2D eigenvalue weighted by molar-refractivity contribution is 5.72. The van der Waals surface area contributed by atoms with Gasteiger partial charge < -0.3 is 56.8 Å². The molecular weight excluding hydrogens is 694 g/mol. The Kier molecular flexibility index (Phi) is 30.0. The van der Waals surface area contributed by atoms with Crippen molar-refractivity contribution in [1.29, 1.82) is 0 Å². The molecule has 19 heteroatoms. The topological polar surface area (TPSA) is 128 Å². The SMILES string of the molecule is O=C(CCOCCOCCOCCOCCOCCOCCOCCOCCOCCOCCOCCF)Oc1c(F)c(F)c(F)c(F)c1F. The highest BCUT2D eigenvalue weighted by Gasteiger charge is 2.28. The number of ether oxygens (including phenoxy) is 12. The van der Waals surface area contributed by atoms with Crippen LogP contribution < -0.4 is 4.74 Å². The Hall–Kier alpha value is -2.17. The second-order valence-electron chi connectivity index (χ2n) is 9.55. The lowest BCUT2D eigenvalue weighted by molar-refractivity contribution is -0.136. The van der Waals surface area contributed by atoms with Crippen molar-refractivity contribution in [2.45, 2.75) is 6.42 Å². The van der Waals surface area contributed by atoms with Crippen molar-refractivity contribution < 1.29 is 88.0 Å². The number of carbonyl (C=O) groups excluding carboxylic acids is 1. The third-order valence-corrected chi connectivity index (χ3v) is 5.78. The Morgan fingerprint density at radius 1 is 0.340 bits per heavy atom. The molecule has 292 valence electrons. The van der Waals surface area contributed by atoms with Crippen LogP contribution in [0.5, 0.6) is 5.75 Å². The fourth-order valence-electron chi connectivity index (χ4n) is 3.35. The van der Waals surface area contributed by atoms with E-state index in [-0.39, 0.29) is 33.0 Å². The molecule has 0 N–H and O–H groups in total. The summed E-state index contributed by atoms with van der Waals surface area (Å²) in [6.07, 6.45) is -0.491. The molecule has 1 aromatic carbocycles. The number of hydrogen-bond donors (Lipinski definition) is 0. The lowest BCUT2D eigenvalue weighted by atomic mass is 10.2. The van der Waals surface area contributed by atoms with Gasteiger partial charge in [-0.15, -0.1) is 0 Å². The summed E-state index contributed by atoms with van der Waals surface area (Å²) in [5, 5.41) is 0. The van der Waals surface area contributed by atoms with Gasteiger partial charge in [-0.1, -0.05) is 0 Å². The molecule has 0 aromatic heterocycles. The number of halogens is 6. The molecule has 0 atom stereocenters. The van der Waals surface area contributed by atoms with E-state index in [0.717, 1.165) is 0 Å². The summed E-state index contributed by atoms with van der Waals surface area (Å²) < 4.78 is 141. The summed E-state index contributed by atoms with van der Waals surface area (Å²) in [6.45, 7) is 6.88. The third-order valence-electron chi connectivity index (χ3n) is 5.78. The molecule has 0 heterocycles. The largest absolute Gasteiger partial charge is 0.420 e. The molecule has 0 aliphatic carbocycles. The Balaban J connectivity index is 1.74. The van der Waals surface area contributed by atoms with E-state index in [2.05, 4.69) is 4.74 Å². The second kappa shape index (κ2) is 32.7. The number of carbonyl (C=O) groups is 1. The lowest BCUT2D eigenvalue weighted by Gasteiger charge is -2.09. The molecule has 0 saturated heterocycles. The van der Waals surface area contributed by atoms with Gasteiger partial charge in [-0.2, -0.15) is 8.78 Å². The first-order chi connectivity index (χ1) is 24.4. The molecule has 0 unspecified atom stereocenters. The monoisotopic (exact) mass is 742 g/mol. The first-order valence-corrected chi connectivity index (χ1v) is 16.0. The van der Waals surface area contributed by atoms with Gasteiger partial charge in [0.2, 0.25) is 34.8 Å². The number of rotatable bonds is 36. The van der Waals surface area contributed by atoms with Crippen LogP contribution in [0.15, 0.2) is 0 Å². The van der Waals surface area contributed by atoms with Crippen LogP contribution in [0.3, 0.4) is 0 Å². The van der Waals surface area contributed by atoms with Crippen molar-refractivity contribution in [3.63, 3.8) is 0 Å². The van der Waals surface area contributed by atoms with E-state index in [1.54, 1.807) is 0 Å². The van der Waals surface area contributed by atoms with Gasteiger partial charge >= 0.3 is 5.97 Å². The number of benzene rings is 1. The van der Waals surface area contributed by atoms with Gasteiger partial charge in [0.15, 0.2) is 0 Å². The van der Waals surface area contributed by atoms with Crippen LogP contribution in [0.1, 0.15) is 6.42 Å². The smallest absolute Gasteiger partial charge is 0.313 e. The molecule has 0 aliphatic heterocycles. The average molecular weight is 743 g/mol. The molecule has 0 radical (unpaired) electrons. The molecule has 0 bridgehead atoms. The molecule has 0 aliphatic rings. The van der Waals surface area contributed by atoms with Crippen molar-refractivity contribution in [1.82, 2.24) is 0 Å². The number of alkyl halides is 1. The minimum absolute atomic E-state index is 0.0760. The minimum Gasteiger partial charge on any atom is -0.420 e. The maximum absolute atomic E-state index is 13.5. The molecule has 0 amide bonds. The highest BCUT2D eigenvalue weighted by atomic mass is 19.2. The molecule has 1 aromatic rings. The number of esters is 1. The fraction of sp³-hybridized carbons (Fsp3) is 0.774. The van der Waals surface area contributed by atoms with E-state index in [0.29, 0.717) is 112 Å². The zero-order chi connectivity index (χ0) is 36.5. The van der Waals surface area contributed by atoms with Crippen molar-refractivity contribution in [2.75, 3.05) is 152 Å². The Morgan fingerprint density at radius 2 is 0.560 bits per heavy atom. The van der Waals surface area contributed by atoms with Crippen LogP contribution in [0.2, 0.25) is 0 Å². The molecular formula is C31H48F6O13. The summed E-state index contributed by atoms with van der Waals surface area (Å²) >= 11 is 0. The zero-order valence-electron chi connectivity index (χ0n) is 28.0.